The van der Waals surface area contributed by atoms with Gasteiger partial charge < -0.3 is 10.0 Å². The van der Waals surface area contributed by atoms with Crippen molar-refractivity contribution in [1.29, 1.82) is 0 Å². The van der Waals surface area contributed by atoms with Gasteiger partial charge in [-0.15, -0.1) is 11.3 Å². The summed E-state index contributed by atoms with van der Waals surface area (Å²) in [4.78, 5) is 16.0. The third-order valence-electron chi connectivity index (χ3n) is 4.70. The average Bonchev–Trinajstić information content (AvgIpc) is 2.81. The van der Waals surface area contributed by atoms with Crippen LogP contribution in [0, 0.1) is 12.8 Å². The van der Waals surface area contributed by atoms with Crippen LogP contribution in [0.5, 0.6) is 0 Å². The van der Waals surface area contributed by atoms with Gasteiger partial charge in [-0.1, -0.05) is 0 Å². The van der Waals surface area contributed by atoms with Gasteiger partial charge in [-0.2, -0.15) is 0 Å². The van der Waals surface area contributed by atoms with E-state index in [-0.39, 0.29) is 17.9 Å². The van der Waals surface area contributed by atoms with Gasteiger partial charge in [-0.25, -0.2) is 0 Å². The van der Waals surface area contributed by atoms with Gasteiger partial charge in [-0.05, 0) is 57.0 Å². The number of likely N-dealkylation sites (tertiary alicyclic amines) is 1. The lowest BCUT2D eigenvalue weighted by Gasteiger charge is -2.34. The standard InChI is InChI=1S/C16H23NO2S/c1-10-6-8-20-14(10)11-9-12(11)15(18)17-7-4-5-13(17)16(2,3)19/h6,8,11-13,19H,4-5,7,9H2,1-3H3/t11-,12+,13+/m1/s1. The van der Waals surface area contributed by atoms with Crippen LogP contribution < -0.4 is 0 Å². The first kappa shape index (κ1) is 14.1. The highest BCUT2D eigenvalue weighted by atomic mass is 32.1. The van der Waals surface area contributed by atoms with E-state index in [0.717, 1.165) is 25.8 Å². The number of hydrogen-bond acceptors (Lipinski definition) is 3. The summed E-state index contributed by atoms with van der Waals surface area (Å²) in [6.07, 6.45) is 2.91. The minimum absolute atomic E-state index is 0.0133. The van der Waals surface area contributed by atoms with Gasteiger partial charge in [0.2, 0.25) is 5.91 Å². The molecule has 4 heteroatoms. The van der Waals surface area contributed by atoms with Crippen LogP contribution in [-0.2, 0) is 4.79 Å². The molecule has 2 fully saturated rings. The zero-order valence-corrected chi connectivity index (χ0v) is 13.2. The Bertz CT molecular complexity index is 517. The Hall–Kier alpha value is -0.870. The number of hydrogen-bond donors (Lipinski definition) is 1. The molecule has 0 spiro atoms. The fourth-order valence-electron chi connectivity index (χ4n) is 3.50. The van der Waals surface area contributed by atoms with Crippen molar-refractivity contribution in [2.24, 2.45) is 5.92 Å². The van der Waals surface area contributed by atoms with Crippen molar-refractivity contribution < 1.29 is 9.90 Å². The third kappa shape index (κ3) is 2.40. The number of thiophene rings is 1. The van der Waals surface area contributed by atoms with E-state index in [1.807, 2.05) is 18.7 Å². The zero-order valence-electron chi connectivity index (χ0n) is 12.4. The maximum absolute atomic E-state index is 12.7. The number of amides is 1. The fraction of sp³-hybridized carbons (Fsp3) is 0.688. The molecule has 0 unspecified atom stereocenters. The Kier molecular flexibility index (Phi) is 3.41. The zero-order chi connectivity index (χ0) is 14.5. The second kappa shape index (κ2) is 4.85. The lowest BCUT2D eigenvalue weighted by Crippen LogP contribution is -2.48. The number of nitrogens with zero attached hydrogens (tertiary/aromatic N) is 1. The Morgan fingerprint density at radius 3 is 2.85 bits per heavy atom. The molecule has 3 nitrogen and oxygen atoms in total. The number of carbonyl (C=O) groups excluding carboxylic acids is 1. The molecule has 3 rings (SSSR count). The Balaban J connectivity index is 1.70. The van der Waals surface area contributed by atoms with Crippen molar-refractivity contribution in [2.45, 2.75) is 57.6 Å². The van der Waals surface area contributed by atoms with Crippen molar-refractivity contribution in [3.63, 3.8) is 0 Å². The largest absolute Gasteiger partial charge is 0.388 e. The lowest BCUT2D eigenvalue weighted by atomic mass is 9.96. The summed E-state index contributed by atoms with van der Waals surface area (Å²) >= 11 is 1.77. The van der Waals surface area contributed by atoms with Crippen LogP contribution in [0.3, 0.4) is 0 Å². The van der Waals surface area contributed by atoms with Crippen LogP contribution in [0.25, 0.3) is 0 Å². The molecule has 1 saturated heterocycles. The van der Waals surface area contributed by atoms with Crippen LogP contribution in [0.4, 0.5) is 0 Å². The minimum atomic E-state index is -0.796. The van der Waals surface area contributed by atoms with E-state index >= 15 is 0 Å². The van der Waals surface area contributed by atoms with E-state index in [9.17, 15) is 9.90 Å². The first-order chi connectivity index (χ1) is 9.39. The molecule has 0 aromatic carbocycles. The summed E-state index contributed by atoms with van der Waals surface area (Å²) in [5.41, 5.74) is 0.519. The fourth-order valence-corrected chi connectivity index (χ4v) is 4.61. The van der Waals surface area contributed by atoms with E-state index in [1.165, 1.54) is 10.4 Å². The normalized spacial score (nSPS) is 29.8. The number of rotatable bonds is 3. The maximum atomic E-state index is 12.7. The summed E-state index contributed by atoms with van der Waals surface area (Å²) in [6, 6.07) is 2.12. The first-order valence-corrected chi connectivity index (χ1v) is 8.34. The molecule has 2 heterocycles. The van der Waals surface area contributed by atoms with Gasteiger partial charge in [0.05, 0.1) is 11.6 Å². The SMILES string of the molecule is Cc1ccsc1[C@@H]1C[C@@H]1C(=O)N1CCC[C@H]1C(C)(C)O. The van der Waals surface area contributed by atoms with Crippen LogP contribution in [-0.4, -0.2) is 34.1 Å². The molecular weight excluding hydrogens is 270 g/mol. The predicted molar refractivity (Wildman–Crippen MR) is 80.9 cm³/mol. The Morgan fingerprint density at radius 1 is 1.50 bits per heavy atom. The Labute approximate surface area is 124 Å². The molecule has 3 atom stereocenters. The monoisotopic (exact) mass is 293 g/mol. The molecule has 1 aliphatic carbocycles. The van der Waals surface area contributed by atoms with Crippen LogP contribution in [0.2, 0.25) is 0 Å². The van der Waals surface area contributed by atoms with Crippen molar-refractivity contribution in [2.75, 3.05) is 6.54 Å². The van der Waals surface area contributed by atoms with E-state index in [0.29, 0.717) is 5.92 Å². The highest BCUT2D eigenvalue weighted by molar-refractivity contribution is 7.10. The van der Waals surface area contributed by atoms with Crippen LogP contribution >= 0.6 is 11.3 Å². The van der Waals surface area contributed by atoms with Gasteiger partial charge in [0.1, 0.15) is 0 Å². The third-order valence-corrected chi connectivity index (χ3v) is 5.85. The van der Waals surface area contributed by atoms with E-state index in [1.54, 1.807) is 11.3 Å². The van der Waals surface area contributed by atoms with Gasteiger partial charge in [0.25, 0.3) is 0 Å². The topological polar surface area (TPSA) is 40.5 Å². The molecule has 1 aliphatic heterocycles. The summed E-state index contributed by atoms with van der Waals surface area (Å²) < 4.78 is 0. The molecule has 0 bridgehead atoms. The highest BCUT2D eigenvalue weighted by Crippen LogP contribution is 2.52. The highest BCUT2D eigenvalue weighted by Gasteiger charge is 2.50. The summed E-state index contributed by atoms with van der Waals surface area (Å²) in [5, 5.41) is 12.4. The average molecular weight is 293 g/mol. The van der Waals surface area contributed by atoms with Gasteiger partial charge >= 0.3 is 0 Å². The molecule has 20 heavy (non-hydrogen) atoms. The van der Waals surface area contributed by atoms with Crippen LogP contribution in [0.1, 0.15) is 49.5 Å². The van der Waals surface area contributed by atoms with Crippen LogP contribution in [0.15, 0.2) is 11.4 Å². The van der Waals surface area contributed by atoms with E-state index in [2.05, 4.69) is 18.4 Å². The predicted octanol–water partition coefficient (Wildman–Crippen LogP) is 2.92. The number of aliphatic hydroxyl groups is 1. The summed E-state index contributed by atoms with van der Waals surface area (Å²) in [6.45, 7) is 6.56. The van der Waals surface area contributed by atoms with Crippen molar-refractivity contribution >= 4 is 17.2 Å². The molecule has 1 aromatic heterocycles. The molecule has 110 valence electrons. The second-order valence-electron chi connectivity index (χ2n) is 6.76. The minimum Gasteiger partial charge on any atom is -0.388 e. The first-order valence-electron chi connectivity index (χ1n) is 7.46. The van der Waals surface area contributed by atoms with E-state index in [4.69, 9.17) is 0 Å². The Morgan fingerprint density at radius 2 is 2.25 bits per heavy atom. The van der Waals surface area contributed by atoms with Crippen molar-refractivity contribution in [3.05, 3.63) is 21.9 Å². The molecule has 0 radical (unpaired) electrons. The van der Waals surface area contributed by atoms with Crippen molar-refractivity contribution in [3.8, 4) is 0 Å². The van der Waals surface area contributed by atoms with E-state index < -0.39 is 5.60 Å². The van der Waals surface area contributed by atoms with Gasteiger partial charge in [0, 0.05) is 23.3 Å². The van der Waals surface area contributed by atoms with Crippen molar-refractivity contribution in [1.82, 2.24) is 4.90 Å². The number of carbonyl (C=O) groups is 1. The molecule has 1 N–H and O–H groups in total. The molecule has 1 amide bonds. The second-order valence-corrected chi connectivity index (χ2v) is 7.71. The van der Waals surface area contributed by atoms with Gasteiger partial charge in [-0.3, -0.25) is 4.79 Å². The maximum Gasteiger partial charge on any atom is 0.226 e. The van der Waals surface area contributed by atoms with Gasteiger partial charge in [0.15, 0.2) is 0 Å². The molecule has 1 saturated carbocycles. The lowest BCUT2D eigenvalue weighted by molar-refractivity contribution is -0.138. The molecule has 2 aliphatic rings. The smallest absolute Gasteiger partial charge is 0.226 e. The quantitative estimate of drug-likeness (QED) is 0.931. The summed E-state index contributed by atoms with van der Waals surface area (Å²) in [7, 11) is 0. The number of aryl methyl sites for hydroxylation is 1. The molecular formula is C16H23NO2S. The molecule has 1 aromatic rings. The summed E-state index contributed by atoms with van der Waals surface area (Å²) in [5.74, 6) is 0.827.